The summed E-state index contributed by atoms with van der Waals surface area (Å²) in [5.41, 5.74) is 3.04. The highest BCUT2D eigenvalue weighted by molar-refractivity contribution is 5.95. The zero-order chi connectivity index (χ0) is 20.5. The van der Waals surface area contributed by atoms with Crippen LogP contribution in [0.25, 0.3) is 0 Å². The Balaban J connectivity index is 1.86. The van der Waals surface area contributed by atoms with Crippen molar-refractivity contribution >= 4 is 34.8 Å². The van der Waals surface area contributed by atoms with Gasteiger partial charge in [0.15, 0.2) is 0 Å². The van der Waals surface area contributed by atoms with Crippen molar-refractivity contribution in [2.24, 2.45) is 0 Å². The first kappa shape index (κ1) is 21.1. The van der Waals surface area contributed by atoms with Crippen molar-refractivity contribution in [2.45, 2.75) is 20.8 Å². The number of benzene rings is 2. The van der Waals surface area contributed by atoms with E-state index in [1.165, 1.54) is 6.92 Å². The highest BCUT2D eigenvalue weighted by Gasteiger charge is 2.14. The third-order valence-corrected chi connectivity index (χ3v) is 4.09. The van der Waals surface area contributed by atoms with Crippen molar-refractivity contribution in [2.75, 3.05) is 35.6 Å². The van der Waals surface area contributed by atoms with Crippen LogP contribution in [0.4, 0.5) is 17.1 Å². The number of nitrogens with zero attached hydrogens (tertiary/aromatic N) is 1. The number of carbonyl (C=O) groups excluding carboxylic acids is 3. The summed E-state index contributed by atoms with van der Waals surface area (Å²) in [5, 5.41) is 8.33. The number of likely N-dealkylation sites (N-methyl/N-ethyl adjacent to an activating group) is 1. The molecule has 0 aliphatic heterocycles. The average Bonchev–Trinajstić information content (AvgIpc) is 2.64. The lowest BCUT2D eigenvalue weighted by molar-refractivity contribution is -0.120. The molecular formula is C21H26N4O3. The van der Waals surface area contributed by atoms with Gasteiger partial charge in [-0.2, -0.15) is 0 Å². The number of amides is 3. The summed E-state index contributed by atoms with van der Waals surface area (Å²) in [6, 6.07) is 14.4. The van der Waals surface area contributed by atoms with Crippen LogP contribution in [-0.2, 0) is 14.4 Å². The predicted molar refractivity (Wildman–Crippen MR) is 111 cm³/mol. The molecule has 0 unspecified atom stereocenters. The number of carbonyl (C=O) groups is 3. The fourth-order valence-electron chi connectivity index (χ4n) is 2.63. The monoisotopic (exact) mass is 382 g/mol. The van der Waals surface area contributed by atoms with Crippen molar-refractivity contribution in [1.29, 1.82) is 0 Å². The molecule has 0 radical (unpaired) electrons. The van der Waals surface area contributed by atoms with Gasteiger partial charge in [-0.05, 0) is 49.4 Å². The van der Waals surface area contributed by atoms with E-state index in [0.717, 1.165) is 11.3 Å². The van der Waals surface area contributed by atoms with E-state index in [1.54, 1.807) is 29.2 Å². The van der Waals surface area contributed by atoms with Gasteiger partial charge in [0, 0.05) is 24.0 Å². The first-order valence-electron chi connectivity index (χ1n) is 9.12. The Hall–Kier alpha value is -3.19. The smallest absolute Gasteiger partial charge is 0.238 e. The third kappa shape index (κ3) is 6.85. The van der Waals surface area contributed by atoms with Gasteiger partial charge >= 0.3 is 0 Å². The van der Waals surface area contributed by atoms with E-state index < -0.39 is 0 Å². The Morgan fingerprint density at radius 3 is 1.89 bits per heavy atom. The van der Waals surface area contributed by atoms with E-state index >= 15 is 0 Å². The molecular weight excluding hydrogens is 356 g/mol. The standard InChI is InChI=1S/C21H26N4O3/c1-4-25(14-21(28)24-19-8-6-5-7-15(19)2)13-20(27)23-18-11-9-17(10-12-18)22-16(3)26/h5-12H,4,13-14H2,1-3H3,(H,22,26)(H,23,27)(H,24,28). The number of anilines is 3. The molecule has 0 saturated carbocycles. The Bertz CT molecular complexity index is 834. The molecule has 0 atom stereocenters. The summed E-state index contributed by atoms with van der Waals surface area (Å²) in [6.45, 7) is 6.06. The highest BCUT2D eigenvalue weighted by atomic mass is 16.2. The van der Waals surface area contributed by atoms with Crippen molar-refractivity contribution in [3.05, 3.63) is 54.1 Å². The lowest BCUT2D eigenvalue weighted by Gasteiger charge is -2.19. The van der Waals surface area contributed by atoms with E-state index in [1.807, 2.05) is 38.1 Å². The molecule has 0 bridgehead atoms. The SMILES string of the molecule is CCN(CC(=O)Nc1ccc(NC(C)=O)cc1)CC(=O)Nc1ccccc1C. The van der Waals surface area contributed by atoms with Gasteiger partial charge in [0.2, 0.25) is 17.7 Å². The maximum absolute atomic E-state index is 12.3. The molecule has 148 valence electrons. The summed E-state index contributed by atoms with van der Waals surface area (Å²) in [5.74, 6) is -0.527. The van der Waals surface area contributed by atoms with Crippen LogP contribution in [0.1, 0.15) is 19.4 Å². The van der Waals surface area contributed by atoms with Crippen molar-refractivity contribution in [3.8, 4) is 0 Å². The molecule has 0 fully saturated rings. The second-order valence-electron chi connectivity index (χ2n) is 6.47. The zero-order valence-electron chi connectivity index (χ0n) is 16.4. The number of para-hydroxylation sites is 1. The maximum atomic E-state index is 12.3. The molecule has 2 aromatic carbocycles. The summed E-state index contributed by atoms with van der Waals surface area (Å²) in [6.07, 6.45) is 0. The van der Waals surface area contributed by atoms with Crippen molar-refractivity contribution < 1.29 is 14.4 Å². The minimum atomic E-state index is -0.210. The van der Waals surface area contributed by atoms with Crippen LogP contribution in [0.3, 0.4) is 0 Å². The molecule has 28 heavy (non-hydrogen) atoms. The van der Waals surface area contributed by atoms with Crippen molar-refractivity contribution in [1.82, 2.24) is 4.90 Å². The molecule has 7 heteroatoms. The normalized spacial score (nSPS) is 10.4. The maximum Gasteiger partial charge on any atom is 0.238 e. The number of hydrogen-bond acceptors (Lipinski definition) is 4. The van der Waals surface area contributed by atoms with Gasteiger partial charge in [-0.25, -0.2) is 0 Å². The number of rotatable bonds is 8. The third-order valence-electron chi connectivity index (χ3n) is 4.09. The molecule has 3 amide bonds. The van der Waals surface area contributed by atoms with Gasteiger partial charge in [0.1, 0.15) is 0 Å². The molecule has 0 saturated heterocycles. The molecule has 7 nitrogen and oxygen atoms in total. The lowest BCUT2D eigenvalue weighted by atomic mass is 10.2. The number of nitrogens with one attached hydrogen (secondary N) is 3. The molecule has 0 aliphatic carbocycles. The molecule has 0 aromatic heterocycles. The van der Waals surface area contributed by atoms with Gasteiger partial charge in [0.25, 0.3) is 0 Å². The molecule has 0 heterocycles. The Kier molecular flexibility index (Phi) is 7.71. The Morgan fingerprint density at radius 2 is 1.36 bits per heavy atom. The van der Waals surface area contributed by atoms with Gasteiger partial charge in [-0.3, -0.25) is 19.3 Å². The van der Waals surface area contributed by atoms with Gasteiger partial charge in [-0.1, -0.05) is 25.1 Å². The quantitative estimate of drug-likeness (QED) is 0.655. The van der Waals surface area contributed by atoms with Crippen LogP contribution in [0, 0.1) is 6.92 Å². The van der Waals surface area contributed by atoms with E-state index in [2.05, 4.69) is 16.0 Å². The summed E-state index contributed by atoms with van der Waals surface area (Å²) >= 11 is 0. The van der Waals surface area contributed by atoms with Gasteiger partial charge < -0.3 is 16.0 Å². The summed E-state index contributed by atoms with van der Waals surface area (Å²) < 4.78 is 0. The topological polar surface area (TPSA) is 90.5 Å². The Morgan fingerprint density at radius 1 is 0.821 bits per heavy atom. The second kappa shape index (κ2) is 10.2. The fourth-order valence-corrected chi connectivity index (χ4v) is 2.63. The molecule has 0 spiro atoms. The minimum Gasteiger partial charge on any atom is -0.326 e. The predicted octanol–water partition coefficient (Wildman–Crippen LogP) is 2.85. The van der Waals surface area contributed by atoms with Crippen LogP contribution < -0.4 is 16.0 Å². The molecule has 3 N–H and O–H groups in total. The molecule has 0 aliphatic rings. The van der Waals surface area contributed by atoms with Gasteiger partial charge in [-0.15, -0.1) is 0 Å². The van der Waals surface area contributed by atoms with E-state index in [9.17, 15) is 14.4 Å². The van der Waals surface area contributed by atoms with E-state index in [0.29, 0.717) is 17.9 Å². The first-order chi connectivity index (χ1) is 13.4. The summed E-state index contributed by atoms with van der Waals surface area (Å²) in [4.78, 5) is 37.4. The lowest BCUT2D eigenvalue weighted by Crippen LogP contribution is -2.38. The minimum absolute atomic E-state index is 0.102. The van der Waals surface area contributed by atoms with Crippen LogP contribution in [-0.4, -0.2) is 42.3 Å². The summed E-state index contributed by atoms with van der Waals surface area (Å²) in [7, 11) is 0. The first-order valence-corrected chi connectivity index (χ1v) is 9.12. The van der Waals surface area contributed by atoms with Crippen LogP contribution in [0.2, 0.25) is 0 Å². The molecule has 2 aromatic rings. The van der Waals surface area contributed by atoms with Crippen LogP contribution >= 0.6 is 0 Å². The fraction of sp³-hybridized carbons (Fsp3) is 0.286. The average molecular weight is 382 g/mol. The zero-order valence-corrected chi connectivity index (χ0v) is 16.4. The highest BCUT2D eigenvalue weighted by Crippen LogP contribution is 2.14. The van der Waals surface area contributed by atoms with E-state index in [-0.39, 0.29) is 30.8 Å². The molecule has 2 rings (SSSR count). The van der Waals surface area contributed by atoms with E-state index in [4.69, 9.17) is 0 Å². The van der Waals surface area contributed by atoms with Crippen LogP contribution in [0.5, 0.6) is 0 Å². The number of hydrogen-bond donors (Lipinski definition) is 3. The van der Waals surface area contributed by atoms with Gasteiger partial charge in [0.05, 0.1) is 13.1 Å². The Labute approximate surface area is 165 Å². The van der Waals surface area contributed by atoms with Crippen molar-refractivity contribution in [3.63, 3.8) is 0 Å². The van der Waals surface area contributed by atoms with Crippen LogP contribution in [0.15, 0.2) is 48.5 Å². The number of aryl methyl sites for hydroxylation is 1. The second-order valence-corrected chi connectivity index (χ2v) is 6.47. The largest absolute Gasteiger partial charge is 0.326 e.